The van der Waals surface area contributed by atoms with Gasteiger partial charge in [-0.15, -0.1) is 0 Å². The van der Waals surface area contributed by atoms with Gasteiger partial charge >= 0.3 is 0 Å². The van der Waals surface area contributed by atoms with Crippen molar-refractivity contribution in [3.63, 3.8) is 0 Å². The number of halogens is 1. The molecule has 1 saturated heterocycles. The van der Waals surface area contributed by atoms with Crippen molar-refractivity contribution in [2.75, 3.05) is 20.1 Å². The number of aliphatic hydroxyl groups excluding tert-OH is 1. The summed E-state index contributed by atoms with van der Waals surface area (Å²) in [6, 6.07) is 1.95. The summed E-state index contributed by atoms with van der Waals surface area (Å²) in [6.07, 6.45) is 3.52. The average Bonchev–Trinajstić information content (AvgIpc) is 3.03. The maximum atomic E-state index is 12.6. The molecular weight excluding hydrogens is 266 g/mol. The molecule has 1 aromatic heterocycles. The summed E-state index contributed by atoms with van der Waals surface area (Å²) in [7, 11) is 1.74. The quantitative estimate of drug-likeness (QED) is 0.866. The fraction of sp³-hybridized carbons (Fsp3) is 0.615. The lowest BCUT2D eigenvalue weighted by atomic mass is 10.2. The van der Waals surface area contributed by atoms with Crippen LogP contribution >= 0.6 is 11.6 Å². The summed E-state index contributed by atoms with van der Waals surface area (Å²) in [5.41, 5.74) is 0.620. The largest absolute Gasteiger partial charge is 0.390 e. The Morgan fingerprint density at radius 1 is 1.53 bits per heavy atom. The van der Waals surface area contributed by atoms with Crippen LogP contribution in [0.2, 0.25) is 5.02 Å². The van der Waals surface area contributed by atoms with E-state index in [1.807, 2.05) is 10.8 Å². The second kappa shape index (κ2) is 4.81. The van der Waals surface area contributed by atoms with Crippen LogP contribution in [0.3, 0.4) is 0 Å². The fourth-order valence-electron chi connectivity index (χ4n) is 2.65. The number of β-amino-alcohol motifs (C(OH)–C–C–N with tert-alkyl or cyclic N) is 1. The predicted molar refractivity (Wildman–Crippen MR) is 72.5 cm³/mol. The lowest BCUT2D eigenvalue weighted by Crippen LogP contribution is -2.44. The van der Waals surface area contributed by atoms with Gasteiger partial charge in [0.05, 0.1) is 17.2 Å². The average molecular weight is 284 g/mol. The van der Waals surface area contributed by atoms with Gasteiger partial charge in [-0.2, -0.15) is 0 Å². The molecule has 2 atom stereocenters. The minimum absolute atomic E-state index is 0.0773. The third-order valence-electron chi connectivity index (χ3n) is 3.94. The zero-order valence-corrected chi connectivity index (χ0v) is 11.6. The van der Waals surface area contributed by atoms with Gasteiger partial charge in [0.15, 0.2) is 0 Å². The maximum Gasteiger partial charge on any atom is 0.270 e. The fourth-order valence-corrected chi connectivity index (χ4v) is 2.86. The maximum absolute atomic E-state index is 12.6. The van der Waals surface area contributed by atoms with Crippen LogP contribution in [0.15, 0.2) is 12.3 Å². The van der Waals surface area contributed by atoms with Crippen molar-refractivity contribution in [2.45, 2.75) is 31.0 Å². The molecule has 2 aliphatic rings. The summed E-state index contributed by atoms with van der Waals surface area (Å²) >= 11 is 6.02. The van der Waals surface area contributed by atoms with Crippen molar-refractivity contribution in [1.29, 1.82) is 0 Å². The Morgan fingerprint density at radius 3 is 2.84 bits per heavy atom. The molecule has 0 unspecified atom stereocenters. The molecule has 2 heterocycles. The van der Waals surface area contributed by atoms with Gasteiger partial charge in [-0.1, -0.05) is 11.6 Å². The number of rotatable bonds is 3. The first-order chi connectivity index (χ1) is 9.08. The highest BCUT2D eigenvalue weighted by Gasteiger charge is 2.34. The molecule has 6 heteroatoms. The minimum Gasteiger partial charge on any atom is -0.390 e. The molecule has 5 nitrogen and oxygen atoms in total. The predicted octanol–water partition coefficient (Wildman–Crippen LogP) is 0.881. The summed E-state index contributed by atoms with van der Waals surface area (Å²) in [4.78, 5) is 14.2. The van der Waals surface area contributed by atoms with Crippen LogP contribution in [-0.2, 0) is 0 Å². The van der Waals surface area contributed by atoms with Gasteiger partial charge in [0.25, 0.3) is 5.91 Å². The van der Waals surface area contributed by atoms with E-state index < -0.39 is 6.10 Å². The van der Waals surface area contributed by atoms with Crippen LogP contribution in [-0.4, -0.2) is 52.8 Å². The highest BCUT2D eigenvalue weighted by molar-refractivity contribution is 6.31. The van der Waals surface area contributed by atoms with Crippen LogP contribution in [0.1, 0.15) is 29.4 Å². The number of likely N-dealkylation sites (N-methyl/N-ethyl adjacent to an activating group) is 1. The molecule has 3 rings (SSSR count). The number of aliphatic hydroxyl groups is 1. The molecule has 1 amide bonds. The van der Waals surface area contributed by atoms with E-state index in [1.54, 1.807) is 18.0 Å². The number of amides is 1. The Kier molecular flexibility index (Phi) is 3.28. The minimum atomic E-state index is -0.506. The van der Waals surface area contributed by atoms with E-state index in [0.717, 1.165) is 12.8 Å². The number of hydrogen-bond donors (Lipinski definition) is 2. The number of carbonyl (C=O) groups excluding carboxylic acids is 1. The molecule has 2 N–H and O–H groups in total. The third kappa shape index (κ3) is 2.38. The van der Waals surface area contributed by atoms with E-state index in [4.69, 9.17) is 11.6 Å². The van der Waals surface area contributed by atoms with Crippen molar-refractivity contribution < 1.29 is 9.90 Å². The number of nitrogens with one attached hydrogen (secondary N) is 1. The molecule has 19 heavy (non-hydrogen) atoms. The van der Waals surface area contributed by atoms with Gasteiger partial charge in [0.1, 0.15) is 5.69 Å². The van der Waals surface area contributed by atoms with Crippen molar-refractivity contribution in [3.8, 4) is 0 Å². The van der Waals surface area contributed by atoms with Gasteiger partial charge < -0.3 is 19.9 Å². The Hall–Kier alpha value is -1.04. The molecule has 1 saturated carbocycles. The first-order valence-electron chi connectivity index (χ1n) is 6.61. The smallest absolute Gasteiger partial charge is 0.270 e. The lowest BCUT2D eigenvalue weighted by molar-refractivity contribution is 0.0571. The van der Waals surface area contributed by atoms with Gasteiger partial charge in [-0.3, -0.25) is 4.79 Å². The van der Waals surface area contributed by atoms with Gasteiger partial charge in [0.2, 0.25) is 0 Å². The van der Waals surface area contributed by atoms with Crippen LogP contribution in [0.25, 0.3) is 0 Å². The molecule has 104 valence electrons. The van der Waals surface area contributed by atoms with Crippen molar-refractivity contribution in [1.82, 2.24) is 14.8 Å². The molecular formula is C13H18ClN3O2. The number of nitrogens with zero attached hydrogens (tertiary/aromatic N) is 2. The third-order valence-corrected chi connectivity index (χ3v) is 4.15. The molecule has 0 bridgehead atoms. The van der Waals surface area contributed by atoms with E-state index in [1.165, 1.54) is 0 Å². The second-order valence-electron chi connectivity index (χ2n) is 5.39. The molecule has 1 aliphatic heterocycles. The monoisotopic (exact) mass is 283 g/mol. The van der Waals surface area contributed by atoms with Gasteiger partial charge in [-0.05, 0) is 18.9 Å². The molecule has 0 spiro atoms. The summed E-state index contributed by atoms with van der Waals surface area (Å²) in [6.45, 7) is 1.16. The second-order valence-corrected chi connectivity index (χ2v) is 5.83. The van der Waals surface area contributed by atoms with E-state index >= 15 is 0 Å². The molecule has 1 aliphatic carbocycles. The van der Waals surface area contributed by atoms with E-state index in [-0.39, 0.29) is 11.9 Å². The standard InChI is InChI=1S/C13H18ClN3O2/c1-16(11-5-15-6-12(11)18)13(19)10-4-8(14)7-17(10)9-2-3-9/h4,7,9,11-12,15,18H,2-3,5-6H2,1H3/t11-,12-/m0/s1. The van der Waals surface area contributed by atoms with Gasteiger partial charge in [0, 0.05) is 32.4 Å². The zero-order chi connectivity index (χ0) is 13.6. The normalized spacial score (nSPS) is 26.7. The first-order valence-corrected chi connectivity index (χ1v) is 6.99. The van der Waals surface area contributed by atoms with Crippen LogP contribution in [0, 0.1) is 0 Å². The van der Waals surface area contributed by atoms with Crippen molar-refractivity contribution in [3.05, 3.63) is 23.0 Å². The molecule has 0 radical (unpaired) electrons. The summed E-state index contributed by atoms with van der Waals surface area (Å²) in [5.74, 6) is -0.0773. The van der Waals surface area contributed by atoms with Gasteiger partial charge in [-0.25, -0.2) is 0 Å². The first kappa shape index (κ1) is 13.0. The molecule has 0 aromatic carbocycles. The van der Waals surface area contributed by atoms with E-state index in [0.29, 0.717) is 29.8 Å². The number of aromatic nitrogens is 1. The Labute approximate surface area is 117 Å². The molecule has 2 fully saturated rings. The van der Waals surface area contributed by atoms with Crippen LogP contribution in [0.4, 0.5) is 0 Å². The Morgan fingerprint density at radius 2 is 2.26 bits per heavy atom. The number of hydrogen-bond acceptors (Lipinski definition) is 3. The van der Waals surface area contributed by atoms with E-state index in [9.17, 15) is 9.90 Å². The van der Waals surface area contributed by atoms with E-state index in [2.05, 4.69) is 5.32 Å². The zero-order valence-electron chi connectivity index (χ0n) is 10.8. The van der Waals surface area contributed by atoms with Crippen molar-refractivity contribution in [2.24, 2.45) is 0 Å². The summed E-state index contributed by atoms with van der Waals surface area (Å²) in [5, 5.41) is 13.5. The highest BCUT2D eigenvalue weighted by Crippen LogP contribution is 2.37. The van der Waals surface area contributed by atoms with Crippen LogP contribution < -0.4 is 5.32 Å². The number of carbonyl (C=O) groups is 1. The Bertz CT molecular complexity index is 498. The highest BCUT2D eigenvalue weighted by atomic mass is 35.5. The SMILES string of the molecule is CN(C(=O)c1cc(Cl)cn1C1CC1)[C@H]1CNC[C@@H]1O. The van der Waals surface area contributed by atoms with Crippen LogP contribution in [0.5, 0.6) is 0 Å². The Balaban J connectivity index is 1.83. The summed E-state index contributed by atoms with van der Waals surface area (Å²) < 4.78 is 1.97. The molecule has 1 aromatic rings. The topological polar surface area (TPSA) is 57.5 Å². The lowest BCUT2D eigenvalue weighted by Gasteiger charge is -2.26. The van der Waals surface area contributed by atoms with Crippen molar-refractivity contribution >= 4 is 17.5 Å².